The Hall–Kier alpha value is -1.51. The first kappa shape index (κ1) is 11.6. The van der Waals surface area contributed by atoms with Crippen molar-refractivity contribution in [2.24, 2.45) is 11.8 Å². The first-order chi connectivity index (χ1) is 8.61. The van der Waals surface area contributed by atoms with E-state index >= 15 is 0 Å². The molecule has 0 aromatic heterocycles. The van der Waals surface area contributed by atoms with Gasteiger partial charge in [-0.15, -0.1) is 0 Å². The fourth-order valence-electron chi connectivity index (χ4n) is 3.76. The summed E-state index contributed by atoms with van der Waals surface area (Å²) in [4.78, 5) is 12.0. The number of hydrogen-bond acceptors (Lipinski definition) is 3. The molecule has 3 nitrogen and oxygen atoms in total. The van der Waals surface area contributed by atoms with Crippen LogP contribution in [-0.2, 0) is 21.4 Å². The third kappa shape index (κ3) is 1.33. The van der Waals surface area contributed by atoms with Crippen LogP contribution in [0.15, 0.2) is 18.2 Å². The zero-order valence-corrected chi connectivity index (χ0v) is 10.8. The molecule has 1 aromatic carbocycles. The Balaban J connectivity index is 1.96. The normalized spacial score (nSPS) is 32.3. The molecule has 0 unspecified atom stereocenters. The van der Waals surface area contributed by atoms with Crippen LogP contribution in [-0.4, -0.2) is 17.7 Å². The molecule has 0 saturated heterocycles. The minimum atomic E-state index is -0.0822. The number of benzene rings is 1. The van der Waals surface area contributed by atoms with Crippen molar-refractivity contribution in [1.29, 1.82) is 0 Å². The molecule has 1 N–H and O–H groups in total. The minimum absolute atomic E-state index is 0.0273. The van der Waals surface area contributed by atoms with Gasteiger partial charge < -0.3 is 9.84 Å². The van der Waals surface area contributed by atoms with Crippen molar-refractivity contribution in [1.82, 2.24) is 0 Å². The summed E-state index contributed by atoms with van der Waals surface area (Å²) in [7, 11) is 0. The predicted octanol–water partition coefficient (Wildman–Crippen LogP) is 2.41. The Morgan fingerprint density at radius 2 is 2.33 bits per heavy atom. The molecule has 1 aromatic rings. The van der Waals surface area contributed by atoms with Crippen molar-refractivity contribution < 1.29 is 14.6 Å². The molecule has 1 saturated carbocycles. The first-order valence-electron chi connectivity index (χ1n) is 6.60. The Kier molecular flexibility index (Phi) is 2.40. The van der Waals surface area contributed by atoms with Gasteiger partial charge in [0.05, 0.1) is 12.5 Å². The highest BCUT2D eigenvalue weighted by atomic mass is 16.5. The van der Waals surface area contributed by atoms with Crippen LogP contribution >= 0.6 is 0 Å². The van der Waals surface area contributed by atoms with Crippen molar-refractivity contribution in [2.75, 3.05) is 6.61 Å². The number of phenolic OH excluding ortho intramolecular Hbond substituents is 1. The second-order valence-electron chi connectivity index (χ2n) is 5.40. The molecule has 3 atom stereocenters. The van der Waals surface area contributed by atoms with Gasteiger partial charge in [0.15, 0.2) is 0 Å². The first-order valence-corrected chi connectivity index (χ1v) is 6.60. The number of carbonyl (C=O) groups is 1. The summed E-state index contributed by atoms with van der Waals surface area (Å²) >= 11 is 0. The van der Waals surface area contributed by atoms with Crippen molar-refractivity contribution in [2.45, 2.75) is 32.1 Å². The summed E-state index contributed by atoms with van der Waals surface area (Å²) < 4.78 is 5.17. The Labute approximate surface area is 107 Å². The molecule has 1 fully saturated rings. The van der Waals surface area contributed by atoms with E-state index in [9.17, 15) is 9.90 Å². The number of aromatic hydroxyl groups is 1. The second kappa shape index (κ2) is 3.74. The second-order valence-corrected chi connectivity index (χ2v) is 5.40. The summed E-state index contributed by atoms with van der Waals surface area (Å²) in [5.41, 5.74) is 2.36. The summed E-state index contributed by atoms with van der Waals surface area (Å²) in [6.45, 7) is 4.39. The van der Waals surface area contributed by atoms with Gasteiger partial charge in [-0.1, -0.05) is 13.0 Å². The van der Waals surface area contributed by atoms with Crippen LogP contribution in [0, 0.1) is 11.8 Å². The van der Waals surface area contributed by atoms with Crippen LogP contribution in [0.1, 0.15) is 31.4 Å². The number of rotatable bonds is 2. The van der Waals surface area contributed by atoms with Crippen LogP contribution in [0.25, 0.3) is 0 Å². The fourth-order valence-corrected chi connectivity index (χ4v) is 3.76. The molecule has 1 spiro atoms. The number of fused-ring (bicyclic) bond motifs is 2. The zero-order valence-electron chi connectivity index (χ0n) is 10.8. The number of phenols is 1. The van der Waals surface area contributed by atoms with E-state index < -0.39 is 0 Å². The van der Waals surface area contributed by atoms with Gasteiger partial charge in [0, 0.05) is 5.41 Å². The van der Waals surface area contributed by atoms with Gasteiger partial charge in [0.1, 0.15) is 5.75 Å². The third-order valence-electron chi connectivity index (χ3n) is 4.70. The van der Waals surface area contributed by atoms with E-state index in [-0.39, 0.29) is 23.1 Å². The van der Waals surface area contributed by atoms with Crippen molar-refractivity contribution in [3.8, 4) is 5.75 Å². The monoisotopic (exact) mass is 246 g/mol. The van der Waals surface area contributed by atoms with Crippen molar-refractivity contribution >= 4 is 5.97 Å². The highest BCUT2D eigenvalue weighted by molar-refractivity contribution is 5.81. The average molecular weight is 246 g/mol. The van der Waals surface area contributed by atoms with E-state index in [1.165, 1.54) is 5.56 Å². The van der Waals surface area contributed by atoms with Gasteiger partial charge >= 0.3 is 5.97 Å². The highest BCUT2D eigenvalue weighted by Crippen LogP contribution is 2.66. The van der Waals surface area contributed by atoms with Crippen LogP contribution in [0.5, 0.6) is 5.75 Å². The molecule has 3 rings (SSSR count). The molecule has 3 heteroatoms. The molecule has 2 aliphatic carbocycles. The molecule has 0 aliphatic heterocycles. The smallest absolute Gasteiger partial charge is 0.310 e. The molecule has 0 bridgehead atoms. The van der Waals surface area contributed by atoms with Crippen LogP contribution in [0.3, 0.4) is 0 Å². The lowest BCUT2D eigenvalue weighted by molar-refractivity contribution is -0.145. The minimum Gasteiger partial charge on any atom is -0.508 e. The van der Waals surface area contributed by atoms with Gasteiger partial charge in [-0.2, -0.15) is 0 Å². The summed E-state index contributed by atoms with van der Waals surface area (Å²) in [6, 6.07) is 5.54. The molecule has 0 radical (unpaired) electrons. The van der Waals surface area contributed by atoms with E-state index in [1.807, 2.05) is 19.1 Å². The maximum Gasteiger partial charge on any atom is 0.310 e. The van der Waals surface area contributed by atoms with E-state index in [0.717, 1.165) is 18.4 Å². The molecule has 18 heavy (non-hydrogen) atoms. The Morgan fingerprint density at radius 1 is 1.56 bits per heavy atom. The van der Waals surface area contributed by atoms with E-state index in [2.05, 4.69) is 6.92 Å². The third-order valence-corrected chi connectivity index (χ3v) is 4.70. The summed E-state index contributed by atoms with van der Waals surface area (Å²) in [5, 5.41) is 9.65. The Bertz CT molecular complexity index is 508. The molecule has 0 amide bonds. The largest absolute Gasteiger partial charge is 0.508 e. The maximum absolute atomic E-state index is 12.0. The SMILES string of the molecule is CCOC(=O)[C@H]1[C@H](C)[C@]12CCc1ccc(O)cc12. The van der Waals surface area contributed by atoms with Crippen molar-refractivity contribution in [3.05, 3.63) is 29.3 Å². The fraction of sp³-hybridized carbons (Fsp3) is 0.533. The van der Waals surface area contributed by atoms with Crippen LogP contribution in [0.2, 0.25) is 0 Å². The lowest BCUT2D eigenvalue weighted by Gasteiger charge is -2.11. The molecule has 96 valence electrons. The molecule has 0 heterocycles. The topological polar surface area (TPSA) is 46.5 Å². The van der Waals surface area contributed by atoms with Gasteiger partial charge in [-0.05, 0) is 48.9 Å². The maximum atomic E-state index is 12.0. The summed E-state index contributed by atoms with van der Waals surface area (Å²) in [5.74, 6) is 0.498. The van der Waals surface area contributed by atoms with E-state index in [0.29, 0.717) is 12.5 Å². The van der Waals surface area contributed by atoms with E-state index in [4.69, 9.17) is 4.74 Å². The van der Waals surface area contributed by atoms with Gasteiger partial charge in [-0.25, -0.2) is 0 Å². The number of esters is 1. The van der Waals surface area contributed by atoms with Crippen molar-refractivity contribution in [3.63, 3.8) is 0 Å². The van der Waals surface area contributed by atoms with Crippen LogP contribution in [0.4, 0.5) is 0 Å². The molecule has 2 aliphatic rings. The number of ether oxygens (including phenoxy) is 1. The quantitative estimate of drug-likeness (QED) is 0.815. The van der Waals surface area contributed by atoms with Gasteiger partial charge in [0.25, 0.3) is 0 Å². The number of hydrogen-bond donors (Lipinski definition) is 1. The highest BCUT2D eigenvalue weighted by Gasteiger charge is 2.68. The molecular formula is C15H18O3. The zero-order chi connectivity index (χ0) is 12.9. The van der Waals surface area contributed by atoms with Gasteiger partial charge in [-0.3, -0.25) is 4.79 Å². The Morgan fingerprint density at radius 3 is 3.06 bits per heavy atom. The molecular weight excluding hydrogens is 228 g/mol. The number of carbonyl (C=O) groups excluding carboxylic acids is 1. The predicted molar refractivity (Wildman–Crippen MR) is 67.4 cm³/mol. The average Bonchev–Trinajstić information content (AvgIpc) is 2.75. The van der Waals surface area contributed by atoms with Gasteiger partial charge in [0.2, 0.25) is 0 Å². The standard InChI is InChI=1S/C15H18O3/c1-3-18-14(17)13-9(2)15(13)7-6-10-4-5-11(16)8-12(10)15/h4-5,8-9,13,16H,3,6-7H2,1-2H3/t9-,13+,15-/m0/s1. The summed E-state index contributed by atoms with van der Waals surface area (Å²) in [6.07, 6.45) is 1.99. The van der Waals surface area contributed by atoms with Crippen LogP contribution < -0.4 is 0 Å². The number of aryl methyl sites for hydroxylation is 1. The lowest BCUT2D eigenvalue weighted by Crippen LogP contribution is -2.15. The van der Waals surface area contributed by atoms with E-state index in [1.54, 1.807) is 6.07 Å². The lowest BCUT2D eigenvalue weighted by atomic mass is 9.93.